The van der Waals surface area contributed by atoms with Crippen LogP contribution in [0.15, 0.2) is 16.3 Å². The highest BCUT2D eigenvalue weighted by Crippen LogP contribution is 2.26. The predicted octanol–water partition coefficient (Wildman–Crippen LogP) is 2.60. The lowest BCUT2D eigenvalue weighted by atomic mass is 10.3. The molecule has 0 amide bonds. The van der Waals surface area contributed by atoms with Crippen molar-refractivity contribution < 1.29 is 8.42 Å². The van der Waals surface area contributed by atoms with Gasteiger partial charge in [0.15, 0.2) is 5.13 Å². The average molecular weight is 331 g/mol. The van der Waals surface area contributed by atoms with Crippen LogP contribution in [0.5, 0.6) is 0 Å². The van der Waals surface area contributed by atoms with E-state index < -0.39 is 10.0 Å². The summed E-state index contributed by atoms with van der Waals surface area (Å²) in [6.07, 6.45) is 0.800. The first-order valence-corrected chi connectivity index (χ1v) is 9.35. The van der Waals surface area contributed by atoms with Crippen molar-refractivity contribution in [2.45, 2.75) is 31.7 Å². The molecule has 5 nitrogen and oxygen atoms in total. The van der Waals surface area contributed by atoms with Gasteiger partial charge in [-0.2, -0.15) is 0 Å². The summed E-state index contributed by atoms with van der Waals surface area (Å²) in [5.74, 6) is 0. The summed E-state index contributed by atoms with van der Waals surface area (Å²) in [6, 6.07) is 1.69. The lowest BCUT2D eigenvalue weighted by Gasteiger charge is -2.02. The highest BCUT2D eigenvalue weighted by molar-refractivity contribution is 7.93. The summed E-state index contributed by atoms with van der Waals surface area (Å²) in [5.41, 5.74) is 0.939. The predicted molar refractivity (Wildman–Crippen MR) is 84.1 cm³/mol. The molecule has 110 valence electrons. The molecule has 2 aromatic rings. The van der Waals surface area contributed by atoms with Crippen molar-refractivity contribution in [3.05, 3.63) is 26.9 Å². The van der Waals surface area contributed by atoms with Crippen molar-refractivity contribution in [1.82, 2.24) is 10.3 Å². The van der Waals surface area contributed by atoms with Crippen molar-refractivity contribution in [1.29, 1.82) is 0 Å². The van der Waals surface area contributed by atoms with E-state index in [2.05, 4.69) is 15.0 Å². The van der Waals surface area contributed by atoms with Crippen molar-refractivity contribution in [2.75, 3.05) is 11.8 Å². The van der Waals surface area contributed by atoms with E-state index in [1.807, 2.05) is 20.9 Å². The molecule has 0 aromatic carbocycles. The summed E-state index contributed by atoms with van der Waals surface area (Å²) in [6.45, 7) is 4.61. The summed E-state index contributed by atoms with van der Waals surface area (Å²) in [4.78, 5) is 6.62. The van der Waals surface area contributed by atoms with E-state index >= 15 is 0 Å². The van der Waals surface area contributed by atoms with Crippen LogP contribution in [0.25, 0.3) is 0 Å². The maximum atomic E-state index is 12.3. The van der Waals surface area contributed by atoms with Crippen molar-refractivity contribution >= 4 is 37.8 Å². The zero-order valence-corrected chi connectivity index (χ0v) is 14.0. The Kier molecular flexibility index (Phi) is 4.79. The van der Waals surface area contributed by atoms with Gasteiger partial charge in [-0.1, -0.05) is 6.92 Å². The number of thiophene rings is 1. The van der Waals surface area contributed by atoms with Gasteiger partial charge in [-0.3, -0.25) is 4.72 Å². The summed E-state index contributed by atoms with van der Waals surface area (Å²) >= 11 is 2.79. The number of anilines is 1. The highest BCUT2D eigenvalue weighted by Gasteiger charge is 2.18. The first kappa shape index (κ1) is 15.4. The molecule has 2 N–H and O–H groups in total. The second kappa shape index (κ2) is 6.21. The number of hydrogen-bond acceptors (Lipinski definition) is 6. The van der Waals surface area contributed by atoms with E-state index in [-0.39, 0.29) is 0 Å². The van der Waals surface area contributed by atoms with Crippen LogP contribution >= 0.6 is 22.7 Å². The number of sulfonamides is 1. The van der Waals surface area contributed by atoms with Gasteiger partial charge >= 0.3 is 0 Å². The van der Waals surface area contributed by atoms with Crippen LogP contribution in [0.4, 0.5) is 5.13 Å². The van der Waals surface area contributed by atoms with Crippen molar-refractivity contribution in [2.24, 2.45) is 0 Å². The molecule has 0 atom stereocenters. The Balaban J connectivity index is 2.21. The van der Waals surface area contributed by atoms with Gasteiger partial charge < -0.3 is 5.32 Å². The fourth-order valence-corrected chi connectivity index (χ4v) is 5.17. The number of aryl methyl sites for hydroxylation is 2. The van der Waals surface area contributed by atoms with Crippen LogP contribution in [0, 0.1) is 6.92 Å². The molecule has 2 heterocycles. The minimum absolute atomic E-state index is 0.290. The van der Waals surface area contributed by atoms with E-state index in [0.717, 1.165) is 21.9 Å². The maximum Gasteiger partial charge on any atom is 0.264 e. The third-order valence-electron chi connectivity index (χ3n) is 2.74. The molecule has 2 rings (SSSR count). The molecule has 0 radical (unpaired) electrons. The topological polar surface area (TPSA) is 71.1 Å². The Bertz CT molecular complexity index is 689. The van der Waals surface area contributed by atoms with Gasteiger partial charge in [0.1, 0.15) is 0 Å². The standard InChI is InChI=1S/C12H17N3O2S3/c1-4-11-8(2)19-12(14-11)15-20(16,17)10-5-9(6-13-3)18-7-10/h5,7,13H,4,6H2,1-3H3,(H,14,15). The Labute approximate surface area is 127 Å². The Morgan fingerprint density at radius 1 is 1.40 bits per heavy atom. The summed E-state index contributed by atoms with van der Waals surface area (Å²) in [5, 5.41) is 5.08. The molecule has 0 unspecified atom stereocenters. The number of aromatic nitrogens is 1. The van der Waals surface area contributed by atoms with Crippen molar-refractivity contribution in [3.63, 3.8) is 0 Å². The number of nitrogens with zero attached hydrogens (tertiary/aromatic N) is 1. The van der Waals surface area contributed by atoms with E-state index in [9.17, 15) is 8.42 Å². The molecule has 0 saturated carbocycles. The Morgan fingerprint density at radius 3 is 2.75 bits per heavy atom. The zero-order valence-electron chi connectivity index (χ0n) is 11.6. The molecule has 0 aliphatic heterocycles. The molecule has 0 bridgehead atoms. The molecule has 2 aromatic heterocycles. The second-order valence-electron chi connectivity index (χ2n) is 4.26. The van der Waals surface area contributed by atoms with Crippen molar-refractivity contribution in [3.8, 4) is 0 Å². The lowest BCUT2D eigenvalue weighted by Crippen LogP contribution is -2.12. The molecule has 20 heavy (non-hydrogen) atoms. The molecular weight excluding hydrogens is 314 g/mol. The third kappa shape index (κ3) is 3.38. The monoisotopic (exact) mass is 331 g/mol. The second-order valence-corrected chi connectivity index (χ2v) is 8.14. The quantitative estimate of drug-likeness (QED) is 0.853. The molecule has 8 heteroatoms. The third-order valence-corrected chi connectivity index (χ3v) is 6.20. The van der Waals surface area contributed by atoms with Crippen LogP contribution in [0.3, 0.4) is 0 Å². The van der Waals surface area contributed by atoms with E-state index in [4.69, 9.17) is 0 Å². The fourth-order valence-electron chi connectivity index (χ4n) is 1.74. The van der Waals surface area contributed by atoms with Gasteiger partial charge in [0.25, 0.3) is 10.0 Å². The molecule has 0 aliphatic carbocycles. The molecule has 0 spiro atoms. The van der Waals surface area contributed by atoms with Gasteiger partial charge in [0, 0.05) is 21.7 Å². The number of nitrogens with one attached hydrogen (secondary N) is 2. The van der Waals surface area contributed by atoms with E-state index in [1.54, 1.807) is 11.4 Å². The Hall–Kier alpha value is -0.960. The van der Waals surface area contributed by atoms with E-state index in [1.165, 1.54) is 22.7 Å². The summed E-state index contributed by atoms with van der Waals surface area (Å²) < 4.78 is 27.1. The number of rotatable bonds is 6. The summed E-state index contributed by atoms with van der Waals surface area (Å²) in [7, 11) is -1.71. The van der Waals surface area contributed by atoms with Crippen LogP contribution in [0.2, 0.25) is 0 Å². The van der Waals surface area contributed by atoms with Crippen LogP contribution in [0.1, 0.15) is 22.4 Å². The Morgan fingerprint density at radius 2 is 2.15 bits per heavy atom. The highest BCUT2D eigenvalue weighted by atomic mass is 32.2. The van der Waals surface area contributed by atoms with Crippen LogP contribution < -0.4 is 10.0 Å². The number of thiazole rings is 1. The van der Waals surface area contributed by atoms with Gasteiger partial charge in [-0.25, -0.2) is 13.4 Å². The SMILES string of the molecule is CCc1nc(NS(=O)(=O)c2csc(CNC)c2)sc1C. The first-order valence-electron chi connectivity index (χ1n) is 6.17. The van der Waals surface area contributed by atoms with Gasteiger partial charge in [0.2, 0.25) is 0 Å². The molecule has 0 saturated heterocycles. The number of hydrogen-bond donors (Lipinski definition) is 2. The minimum atomic E-state index is -3.54. The van der Waals surface area contributed by atoms with Crippen LogP contribution in [-0.4, -0.2) is 20.4 Å². The molecular formula is C12H17N3O2S3. The zero-order chi connectivity index (χ0) is 14.8. The molecule has 0 fully saturated rings. The molecule has 0 aliphatic rings. The first-order chi connectivity index (χ1) is 9.46. The normalized spacial score (nSPS) is 11.8. The largest absolute Gasteiger partial charge is 0.315 e. The van der Waals surface area contributed by atoms with E-state index in [0.29, 0.717) is 16.6 Å². The minimum Gasteiger partial charge on any atom is -0.315 e. The smallest absolute Gasteiger partial charge is 0.264 e. The van der Waals surface area contributed by atoms with Crippen LogP contribution in [-0.2, 0) is 23.0 Å². The maximum absolute atomic E-state index is 12.3. The van der Waals surface area contributed by atoms with Gasteiger partial charge in [0.05, 0.1) is 10.6 Å². The van der Waals surface area contributed by atoms with Gasteiger partial charge in [-0.15, -0.1) is 22.7 Å². The lowest BCUT2D eigenvalue weighted by molar-refractivity contribution is 0.601. The van der Waals surface area contributed by atoms with Gasteiger partial charge in [-0.05, 0) is 26.5 Å². The fraction of sp³-hybridized carbons (Fsp3) is 0.417. The average Bonchev–Trinajstić information content (AvgIpc) is 2.96.